The van der Waals surface area contributed by atoms with Crippen molar-refractivity contribution in [3.05, 3.63) is 11.7 Å². The van der Waals surface area contributed by atoms with Crippen molar-refractivity contribution in [3.63, 3.8) is 0 Å². The molecule has 84 valence electrons. The van der Waals surface area contributed by atoms with Crippen LogP contribution in [0.15, 0.2) is 4.52 Å². The Hall–Kier alpha value is -0.900. The van der Waals surface area contributed by atoms with E-state index in [1.807, 2.05) is 7.05 Å². The monoisotopic (exact) mass is 209 g/mol. The largest absolute Gasteiger partial charge is 0.338 e. The third-order valence-electron chi connectivity index (χ3n) is 3.23. The lowest BCUT2D eigenvalue weighted by molar-refractivity contribution is 0.329. The SMILES string of the molecule is CCC(NC)c1nc(C2CCCC2)no1. The summed E-state index contributed by atoms with van der Waals surface area (Å²) < 4.78 is 5.30. The van der Waals surface area contributed by atoms with Gasteiger partial charge in [0.15, 0.2) is 5.82 Å². The van der Waals surface area contributed by atoms with Gasteiger partial charge in [-0.25, -0.2) is 0 Å². The van der Waals surface area contributed by atoms with Crippen molar-refractivity contribution in [1.82, 2.24) is 15.5 Å². The van der Waals surface area contributed by atoms with Crippen molar-refractivity contribution < 1.29 is 4.52 Å². The lowest BCUT2D eigenvalue weighted by Crippen LogP contribution is -2.15. The van der Waals surface area contributed by atoms with Gasteiger partial charge in [-0.3, -0.25) is 0 Å². The highest BCUT2D eigenvalue weighted by molar-refractivity contribution is 5.00. The minimum absolute atomic E-state index is 0.202. The van der Waals surface area contributed by atoms with Gasteiger partial charge in [0.05, 0.1) is 6.04 Å². The van der Waals surface area contributed by atoms with Gasteiger partial charge in [0.1, 0.15) is 0 Å². The van der Waals surface area contributed by atoms with Crippen LogP contribution in [0.3, 0.4) is 0 Å². The summed E-state index contributed by atoms with van der Waals surface area (Å²) in [6.07, 6.45) is 6.02. The minimum atomic E-state index is 0.202. The molecule has 0 amide bonds. The molecule has 2 rings (SSSR count). The first-order valence-corrected chi connectivity index (χ1v) is 5.86. The number of nitrogens with zero attached hydrogens (tertiary/aromatic N) is 2. The Bertz CT molecular complexity index is 284. The summed E-state index contributed by atoms with van der Waals surface area (Å²) in [4.78, 5) is 4.49. The smallest absolute Gasteiger partial charge is 0.243 e. The Balaban J connectivity index is 2.08. The molecule has 1 saturated carbocycles. The molecule has 1 aliphatic rings. The Kier molecular flexibility index (Phi) is 3.36. The molecule has 15 heavy (non-hydrogen) atoms. The molecule has 4 heteroatoms. The summed E-state index contributed by atoms with van der Waals surface area (Å²) in [5.41, 5.74) is 0. The third-order valence-corrected chi connectivity index (χ3v) is 3.23. The first-order chi connectivity index (χ1) is 7.35. The van der Waals surface area contributed by atoms with Crippen LogP contribution in [0.2, 0.25) is 0 Å². The molecular weight excluding hydrogens is 190 g/mol. The second kappa shape index (κ2) is 4.75. The van der Waals surface area contributed by atoms with E-state index in [4.69, 9.17) is 4.52 Å². The van der Waals surface area contributed by atoms with Crippen LogP contribution in [-0.4, -0.2) is 17.2 Å². The molecule has 1 fully saturated rings. The van der Waals surface area contributed by atoms with E-state index in [1.165, 1.54) is 25.7 Å². The fraction of sp³-hybridized carbons (Fsp3) is 0.818. The van der Waals surface area contributed by atoms with Crippen molar-refractivity contribution in [1.29, 1.82) is 0 Å². The second-order valence-electron chi connectivity index (χ2n) is 4.22. The van der Waals surface area contributed by atoms with Crippen LogP contribution in [0.1, 0.15) is 62.7 Å². The fourth-order valence-electron chi connectivity index (χ4n) is 2.24. The molecule has 1 aliphatic carbocycles. The summed E-state index contributed by atoms with van der Waals surface area (Å²) in [6, 6.07) is 0.202. The van der Waals surface area contributed by atoms with E-state index in [9.17, 15) is 0 Å². The van der Waals surface area contributed by atoms with Crippen LogP contribution in [0.4, 0.5) is 0 Å². The van der Waals surface area contributed by atoms with Gasteiger partial charge >= 0.3 is 0 Å². The van der Waals surface area contributed by atoms with Crippen molar-refractivity contribution in [2.24, 2.45) is 0 Å². The van der Waals surface area contributed by atoms with Crippen LogP contribution < -0.4 is 5.32 Å². The molecule has 1 unspecified atom stereocenters. The van der Waals surface area contributed by atoms with Gasteiger partial charge in [0.2, 0.25) is 5.89 Å². The Labute approximate surface area is 90.4 Å². The van der Waals surface area contributed by atoms with E-state index in [0.717, 1.165) is 18.1 Å². The molecule has 0 aromatic carbocycles. The van der Waals surface area contributed by atoms with Gasteiger partial charge in [-0.2, -0.15) is 4.98 Å². The molecule has 1 aromatic rings. The third kappa shape index (κ3) is 2.20. The maximum absolute atomic E-state index is 5.30. The van der Waals surface area contributed by atoms with Crippen molar-refractivity contribution in [2.75, 3.05) is 7.05 Å². The molecule has 0 aliphatic heterocycles. The number of hydrogen-bond acceptors (Lipinski definition) is 4. The van der Waals surface area contributed by atoms with Crippen LogP contribution >= 0.6 is 0 Å². The van der Waals surface area contributed by atoms with E-state index in [1.54, 1.807) is 0 Å². The van der Waals surface area contributed by atoms with Crippen LogP contribution in [-0.2, 0) is 0 Å². The van der Waals surface area contributed by atoms with E-state index in [0.29, 0.717) is 5.92 Å². The Morgan fingerprint density at radius 1 is 1.47 bits per heavy atom. The zero-order valence-electron chi connectivity index (χ0n) is 9.49. The highest BCUT2D eigenvalue weighted by Gasteiger charge is 2.23. The highest BCUT2D eigenvalue weighted by Crippen LogP contribution is 2.32. The quantitative estimate of drug-likeness (QED) is 0.827. The van der Waals surface area contributed by atoms with E-state index < -0.39 is 0 Å². The first-order valence-electron chi connectivity index (χ1n) is 5.86. The molecule has 1 atom stereocenters. The zero-order valence-corrected chi connectivity index (χ0v) is 9.49. The lowest BCUT2D eigenvalue weighted by Gasteiger charge is -2.06. The van der Waals surface area contributed by atoms with Gasteiger partial charge in [0, 0.05) is 5.92 Å². The van der Waals surface area contributed by atoms with Gasteiger partial charge in [0.25, 0.3) is 0 Å². The second-order valence-corrected chi connectivity index (χ2v) is 4.22. The lowest BCUT2D eigenvalue weighted by atomic mass is 10.1. The van der Waals surface area contributed by atoms with Crippen molar-refractivity contribution in [2.45, 2.75) is 51.0 Å². The summed E-state index contributed by atoms with van der Waals surface area (Å²) in [5.74, 6) is 2.19. The maximum atomic E-state index is 5.30. The molecule has 0 spiro atoms. The maximum Gasteiger partial charge on any atom is 0.243 e. The van der Waals surface area contributed by atoms with E-state index in [2.05, 4.69) is 22.4 Å². The highest BCUT2D eigenvalue weighted by atomic mass is 16.5. The molecule has 1 N–H and O–H groups in total. The normalized spacial score (nSPS) is 19.6. The van der Waals surface area contributed by atoms with Crippen LogP contribution in [0.25, 0.3) is 0 Å². The topological polar surface area (TPSA) is 51.0 Å². The summed E-state index contributed by atoms with van der Waals surface area (Å²) in [5, 5.41) is 7.26. The fourth-order valence-corrected chi connectivity index (χ4v) is 2.24. The van der Waals surface area contributed by atoms with Gasteiger partial charge in [-0.1, -0.05) is 24.9 Å². The average Bonchev–Trinajstić information content (AvgIpc) is 2.89. The van der Waals surface area contributed by atoms with Crippen LogP contribution in [0.5, 0.6) is 0 Å². The standard InChI is InChI=1S/C11H19N3O/c1-3-9(12-2)11-13-10(14-15-11)8-6-4-5-7-8/h8-9,12H,3-7H2,1-2H3. The summed E-state index contributed by atoms with van der Waals surface area (Å²) >= 11 is 0. The van der Waals surface area contributed by atoms with E-state index in [-0.39, 0.29) is 6.04 Å². The molecule has 0 saturated heterocycles. The summed E-state index contributed by atoms with van der Waals surface area (Å²) in [6.45, 7) is 2.11. The minimum Gasteiger partial charge on any atom is -0.338 e. The van der Waals surface area contributed by atoms with Gasteiger partial charge < -0.3 is 9.84 Å². The molecule has 0 radical (unpaired) electrons. The number of aromatic nitrogens is 2. The Morgan fingerprint density at radius 2 is 2.20 bits per heavy atom. The molecule has 0 bridgehead atoms. The summed E-state index contributed by atoms with van der Waals surface area (Å²) in [7, 11) is 1.92. The van der Waals surface area contributed by atoms with Crippen molar-refractivity contribution in [3.8, 4) is 0 Å². The van der Waals surface area contributed by atoms with E-state index >= 15 is 0 Å². The average molecular weight is 209 g/mol. The predicted molar refractivity (Wildman–Crippen MR) is 57.6 cm³/mol. The van der Waals surface area contributed by atoms with Gasteiger partial charge in [-0.05, 0) is 26.3 Å². The zero-order chi connectivity index (χ0) is 10.7. The van der Waals surface area contributed by atoms with Crippen molar-refractivity contribution >= 4 is 0 Å². The molecular formula is C11H19N3O. The van der Waals surface area contributed by atoms with Crippen LogP contribution in [0, 0.1) is 0 Å². The Morgan fingerprint density at radius 3 is 2.80 bits per heavy atom. The molecule has 4 nitrogen and oxygen atoms in total. The van der Waals surface area contributed by atoms with Gasteiger partial charge in [-0.15, -0.1) is 0 Å². The predicted octanol–water partition coefficient (Wildman–Crippen LogP) is 2.40. The number of rotatable bonds is 4. The first kappa shape index (κ1) is 10.6. The molecule has 1 aromatic heterocycles. The molecule has 1 heterocycles. The number of nitrogens with one attached hydrogen (secondary N) is 1. The number of hydrogen-bond donors (Lipinski definition) is 1.